The third-order valence-corrected chi connectivity index (χ3v) is 1.93. The summed E-state index contributed by atoms with van der Waals surface area (Å²) in [7, 11) is 0. The highest BCUT2D eigenvalue weighted by Crippen LogP contribution is 2.08. The molecule has 0 bridgehead atoms. The summed E-state index contributed by atoms with van der Waals surface area (Å²) in [6.07, 6.45) is 11.3. The van der Waals surface area contributed by atoms with Crippen molar-refractivity contribution < 1.29 is 4.79 Å². The first kappa shape index (κ1) is 9.78. The van der Waals surface area contributed by atoms with E-state index < -0.39 is 0 Å². The van der Waals surface area contributed by atoms with Crippen molar-refractivity contribution in [3.8, 4) is 0 Å². The van der Waals surface area contributed by atoms with E-state index in [2.05, 4.69) is 23.5 Å². The quantitative estimate of drug-likeness (QED) is 0.686. The lowest BCUT2D eigenvalue weighted by atomic mass is 10.1. The van der Waals surface area contributed by atoms with Crippen LogP contribution in [0.5, 0.6) is 0 Å². The summed E-state index contributed by atoms with van der Waals surface area (Å²) < 4.78 is 0. The second-order valence-corrected chi connectivity index (χ2v) is 3.16. The molecule has 0 heterocycles. The van der Waals surface area contributed by atoms with E-state index in [4.69, 9.17) is 0 Å². The molecule has 0 aliphatic heterocycles. The Morgan fingerprint density at radius 1 is 1.54 bits per heavy atom. The summed E-state index contributed by atoms with van der Waals surface area (Å²) in [5.41, 5.74) is 1.14. The van der Waals surface area contributed by atoms with E-state index in [0.717, 1.165) is 12.0 Å². The lowest BCUT2D eigenvalue weighted by Crippen LogP contribution is -2.31. The van der Waals surface area contributed by atoms with Crippen LogP contribution in [-0.2, 0) is 4.79 Å². The molecule has 1 aliphatic rings. The minimum Gasteiger partial charge on any atom is -0.350 e. The maximum Gasteiger partial charge on any atom is 0.217 e. The standard InChI is InChI=1S/C11H15NO/c1-9(12-10(2)13)11-7-5-3-4-6-8-11/h3,5-9H,4H2,1-2H3,(H,12,13). The van der Waals surface area contributed by atoms with Crippen molar-refractivity contribution in [2.75, 3.05) is 0 Å². The highest BCUT2D eigenvalue weighted by Gasteiger charge is 2.06. The molecule has 2 nitrogen and oxygen atoms in total. The van der Waals surface area contributed by atoms with E-state index in [0.29, 0.717) is 0 Å². The van der Waals surface area contributed by atoms with Gasteiger partial charge in [0.15, 0.2) is 0 Å². The fourth-order valence-electron chi connectivity index (χ4n) is 1.27. The predicted octanol–water partition coefficient (Wildman–Crippen LogP) is 1.95. The average molecular weight is 177 g/mol. The average Bonchev–Trinajstić information content (AvgIpc) is 2.29. The second-order valence-electron chi connectivity index (χ2n) is 3.16. The highest BCUT2D eigenvalue weighted by atomic mass is 16.1. The van der Waals surface area contributed by atoms with Crippen LogP contribution in [0, 0.1) is 0 Å². The van der Waals surface area contributed by atoms with Gasteiger partial charge in [-0.2, -0.15) is 0 Å². The molecule has 2 heteroatoms. The first-order valence-corrected chi connectivity index (χ1v) is 4.50. The van der Waals surface area contributed by atoms with Gasteiger partial charge >= 0.3 is 0 Å². The first-order valence-electron chi connectivity index (χ1n) is 4.50. The monoisotopic (exact) mass is 177 g/mol. The molecule has 1 atom stereocenters. The van der Waals surface area contributed by atoms with Gasteiger partial charge in [-0.05, 0) is 18.9 Å². The highest BCUT2D eigenvalue weighted by molar-refractivity contribution is 5.73. The van der Waals surface area contributed by atoms with Crippen molar-refractivity contribution in [1.82, 2.24) is 5.32 Å². The van der Waals surface area contributed by atoms with E-state index in [1.807, 2.05) is 19.1 Å². The summed E-state index contributed by atoms with van der Waals surface area (Å²) in [4.78, 5) is 10.8. The van der Waals surface area contributed by atoms with Gasteiger partial charge in [0.2, 0.25) is 5.91 Å². The Morgan fingerprint density at radius 2 is 2.31 bits per heavy atom. The smallest absolute Gasteiger partial charge is 0.217 e. The molecule has 0 radical (unpaired) electrons. The van der Waals surface area contributed by atoms with E-state index in [-0.39, 0.29) is 11.9 Å². The van der Waals surface area contributed by atoms with Gasteiger partial charge in [0.05, 0.1) is 6.04 Å². The maximum atomic E-state index is 10.8. The van der Waals surface area contributed by atoms with E-state index in [1.54, 1.807) is 0 Å². The molecule has 13 heavy (non-hydrogen) atoms. The zero-order valence-corrected chi connectivity index (χ0v) is 8.08. The lowest BCUT2D eigenvalue weighted by Gasteiger charge is -2.12. The second kappa shape index (κ2) is 4.65. The minimum absolute atomic E-state index is 0.00928. The minimum atomic E-state index is 0.00928. The molecule has 1 unspecified atom stereocenters. The van der Waals surface area contributed by atoms with E-state index in [9.17, 15) is 4.79 Å². The summed E-state index contributed by atoms with van der Waals surface area (Å²) in [6.45, 7) is 3.52. The van der Waals surface area contributed by atoms with Crippen molar-refractivity contribution in [2.24, 2.45) is 0 Å². The molecule has 1 aliphatic carbocycles. The summed E-state index contributed by atoms with van der Waals surface area (Å²) in [5.74, 6) is 0.00928. The molecule has 0 aromatic heterocycles. The van der Waals surface area contributed by atoms with Gasteiger partial charge in [-0.15, -0.1) is 0 Å². The van der Waals surface area contributed by atoms with Crippen molar-refractivity contribution >= 4 is 5.91 Å². The van der Waals surface area contributed by atoms with Crippen molar-refractivity contribution in [2.45, 2.75) is 26.3 Å². The largest absolute Gasteiger partial charge is 0.350 e. The van der Waals surface area contributed by atoms with Crippen LogP contribution >= 0.6 is 0 Å². The van der Waals surface area contributed by atoms with Gasteiger partial charge < -0.3 is 5.32 Å². The molecule has 0 saturated carbocycles. The lowest BCUT2D eigenvalue weighted by molar-refractivity contribution is -0.119. The molecule has 1 rings (SSSR count). The van der Waals surface area contributed by atoms with Gasteiger partial charge in [0.25, 0.3) is 0 Å². The van der Waals surface area contributed by atoms with Crippen LogP contribution in [0.15, 0.2) is 36.0 Å². The van der Waals surface area contributed by atoms with Gasteiger partial charge in [0.1, 0.15) is 0 Å². The van der Waals surface area contributed by atoms with Crippen LogP contribution in [-0.4, -0.2) is 11.9 Å². The number of rotatable bonds is 2. The van der Waals surface area contributed by atoms with Crippen LogP contribution in [0.3, 0.4) is 0 Å². The third-order valence-electron chi connectivity index (χ3n) is 1.93. The Bertz CT molecular complexity index is 274. The van der Waals surface area contributed by atoms with Crippen LogP contribution in [0.1, 0.15) is 20.3 Å². The van der Waals surface area contributed by atoms with Crippen molar-refractivity contribution in [1.29, 1.82) is 0 Å². The summed E-state index contributed by atoms with van der Waals surface area (Å²) in [6, 6.07) is 0.0940. The number of carbonyl (C=O) groups excluding carboxylic acids is 1. The summed E-state index contributed by atoms with van der Waals surface area (Å²) in [5, 5.41) is 2.85. The molecule has 70 valence electrons. The number of hydrogen-bond acceptors (Lipinski definition) is 1. The zero-order valence-electron chi connectivity index (χ0n) is 8.08. The van der Waals surface area contributed by atoms with Gasteiger partial charge in [-0.25, -0.2) is 0 Å². The molecular weight excluding hydrogens is 162 g/mol. The van der Waals surface area contributed by atoms with Crippen LogP contribution < -0.4 is 5.32 Å². The SMILES string of the molecule is CC(=O)NC(C)C1=CC=CCC=C1. The number of allylic oxidation sites excluding steroid dienone is 4. The molecule has 0 aromatic rings. The van der Waals surface area contributed by atoms with Crippen molar-refractivity contribution in [3.05, 3.63) is 36.0 Å². The molecule has 0 saturated heterocycles. The van der Waals surface area contributed by atoms with Crippen LogP contribution in [0.2, 0.25) is 0 Å². The van der Waals surface area contributed by atoms with E-state index >= 15 is 0 Å². The number of amides is 1. The van der Waals surface area contributed by atoms with Crippen molar-refractivity contribution in [3.63, 3.8) is 0 Å². The zero-order chi connectivity index (χ0) is 9.68. The molecule has 1 N–H and O–H groups in total. The Kier molecular flexibility index (Phi) is 3.50. The fourth-order valence-corrected chi connectivity index (χ4v) is 1.27. The summed E-state index contributed by atoms with van der Waals surface area (Å²) >= 11 is 0. The Labute approximate surface area is 79.0 Å². The Balaban J connectivity index is 2.64. The molecule has 0 spiro atoms. The van der Waals surface area contributed by atoms with E-state index in [1.165, 1.54) is 6.92 Å². The van der Waals surface area contributed by atoms with Crippen LogP contribution in [0.25, 0.3) is 0 Å². The topological polar surface area (TPSA) is 29.1 Å². The maximum absolute atomic E-state index is 10.8. The first-order chi connectivity index (χ1) is 6.20. The molecule has 1 amide bonds. The Morgan fingerprint density at radius 3 is 3.00 bits per heavy atom. The number of carbonyl (C=O) groups is 1. The van der Waals surface area contributed by atoms with Gasteiger partial charge in [-0.3, -0.25) is 4.79 Å². The normalized spacial score (nSPS) is 17.5. The van der Waals surface area contributed by atoms with Gasteiger partial charge in [-0.1, -0.05) is 30.4 Å². The molecule has 0 fully saturated rings. The number of nitrogens with one attached hydrogen (secondary N) is 1. The van der Waals surface area contributed by atoms with Crippen LogP contribution in [0.4, 0.5) is 0 Å². The predicted molar refractivity (Wildman–Crippen MR) is 54.3 cm³/mol. The third kappa shape index (κ3) is 3.28. The molecule has 0 aromatic carbocycles. The number of hydrogen-bond donors (Lipinski definition) is 1. The fraction of sp³-hybridized carbons (Fsp3) is 0.364. The van der Waals surface area contributed by atoms with Gasteiger partial charge in [0, 0.05) is 6.92 Å². The Hall–Kier alpha value is -1.31. The molecular formula is C11H15NO.